The van der Waals surface area contributed by atoms with Gasteiger partial charge in [-0.2, -0.15) is 0 Å². The lowest BCUT2D eigenvalue weighted by atomic mass is 9.90. The fraction of sp³-hybridized carbons (Fsp3) is 0.889. The molecule has 3 heteroatoms. The molecule has 1 saturated heterocycles. The molecule has 0 radical (unpaired) electrons. The highest BCUT2D eigenvalue weighted by Gasteiger charge is 2.43. The van der Waals surface area contributed by atoms with Gasteiger partial charge < -0.3 is 11.1 Å². The van der Waals surface area contributed by atoms with E-state index in [9.17, 15) is 4.79 Å². The molecule has 0 aromatic carbocycles. The Bertz CT molecular complexity index is 193. The third-order valence-corrected chi connectivity index (χ3v) is 3.05. The lowest BCUT2D eigenvalue weighted by Crippen LogP contribution is -2.51. The number of primary amides is 1. The summed E-state index contributed by atoms with van der Waals surface area (Å²) < 4.78 is 0. The van der Waals surface area contributed by atoms with Crippen LogP contribution in [0.25, 0.3) is 0 Å². The molecule has 3 N–H and O–H groups in total. The fourth-order valence-corrected chi connectivity index (χ4v) is 2.11. The van der Waals surface area contributed by atoms with E-state index in [-0.39, 0.29) is 11.4 Å². The van der Waals surface area contributed by atoms with E-state index in [0.717, 1.165) is 31.7 Å². The molecule has 3 nitrogen and oxygen atoms in total. The monoisotopic (exact) mass is 168 g/mol. The van der Waals surface area contributed by atoms with Crippen molar-refractivity contribution in [2.75, 3.05) is 6.54 Å². The van der Waals surface area contributed by atoms with Crippen LogP contribution in [0.1, 0.15) is 32.1 Å². The van der Waals surface area contributed by atoms with Gasteiger partial charge in [-0.05, 0) is 31.7 Å². The lowest BCUT2D eigenvalue weighted by molar-refractivity contribution is -0.124. The van der Waals surface area contributed by atoms with E-state index in [4.69, 9.17) is 5.73 Å². The van der Waals surface area contributed by atoms with Gasteiger partial charge in [0.05, 0.1) is 5.54 Å². The first-order chi connectivity index (χ1) is 5.73. The first-order valence-corrected chi connectivity index (χ1v) is 4.78. The van der Waals surface area contributed by atoms with E-state index in [1.165, 1.54) is 12.8 Å². The average molecular weight is 168 g/mol. The van der Waals surface area contributed by atoms with E-state index >= 15 is 0 Å². The Morgan fingerprint density at radius 1 is 1.58 bits per heavy atom. The first-order valence-electron chi connectivity index (χ1n) is 4.78. The number of hydrogen-bond donors (Lipinski definition) is 2. The van der Waals surface area contributed by atoms with Gasteiger partial charge in [-0.3, -0.25) is 4.79 Å². The molecule has 1 saturated carbocycles. The van der Waals surface area contributed by atoms with Crippen LogP contribution in [0, 0.1) is 5.92 Å². The van der Waals surface area contributed by atoms with Crippen molar-refractivity contribution in [1.82, 2.24) is 5.32 Å². The Morgan fingerprint density at radius 2 is 2.33 bits per heavy atom. The van der Waals surface area contributed by atoms with Crippen LogP contribution < -0.4 is 11.1 Å². The summed E-state index contributed by atoms with van der Waals surface area (Å²) in [5.41, 5.74) is 5.08. The molecule has 0 aromatic heterocycles. The van der Waals surface area contributed by atoms with Crippen LogP contribution in [0.15, 0.2) is 0 Å². The number of nitrogens with one attached hydrogen (secondary N) is 1. The number of nitrogens with two attached hydrogens (primary N) is 1. The molecule has 0 aromatic rings. The van der Waals surface area contributed by atoms with Crippen molar-refractivity contribution >= 4 is 5.91 Å². The number of rotatable bonds is 3. The summed E-state index contributed by atoms with van der Waals surface area (Å²) in [4.78, 5) is 11.2. The van der Waals surface area contributed by atoms with E-state index in [0.29, 0.717) is 0 Å². The predicted octanol–water partition coefficient (Wildman–Crippen LogP) is 0.394. The summed E-state index contributed by atoms with van der Waals surface area (Å²) in [6.07, 6.45) is 5.59. The second-order valence-electron chi connectivity index (χ2n) is 4.12. The largest absolute Gasteiger partial charge is 0.368 e. The Hall–Kier alpha value is -0.570. The van der Waals surface area contributed by atoms with Crippen LogP contribution >= 0.6 is 0 Å². The summed E-state index contributed by atoms with van der Waals surface area (Å²) in [6, 6.07) is 0. The average Bonchev–Trinajstić information content (AvgIpc) is 2.66. The van der Waals surface area contributed by atoms with Gasteiger partial charge in [0, 0.05) is 0 Å². The summed E-state index contributed by atoms with van der Waals surface area (Å²) >= 11 is 0. The third kappa shape index (κ3) is 1.33. The van der Waals surface area contributed by atoms with E-state index < -0.39 is 0 Å². The van der Waals surface area contributed by atoms with Gasteiger partial charge in [-0.25, -0.2) is 0 Å². The number of carbonyl (C=O) groups excluding carboxylic acids is 1. The molecule has 0 spiro atoms. The Labute approximate surface area is 72.7 Å². The Morgan fingerprint density at radius 3 is 2.75 bits per heavy atom. The molecule has 2 aliphatic rings. The summed E-state index contributed by atoms with van der Waals surface area (Å²) in [6.45, 7) is 0.954. The molecule has 12 heavy (non-hydrogen) atoms. The van der Waals surface area contributed by atoms with Gasteiger partial charge in [0.15, 0.2) is 0 Å². The van der Waals surface area contributed by atoms with Crippen LogP contribution in [-0.4, -0.2) is 18.0 Å². The van der Waals surface area contributed by atoms with Crippen molar-refractivity contribution in [3.63, 3.8) is 0 Å². The van der Waals surface area contributed by atoms with Crippen molar-refractivity contribution in [3.8, 4) is 0 Å². The summed E-state index contributed by atoms with van der Waals surface area (Å²) in [5, 5.41) is 3.27. The van der Waals surface area contributed by atoms with Crippen LogP contribution in [0.3, 0.4) is 0 Å². The van der Waals surface area contributed by atoms with Crippen LogP contribution in [0.2, 0.25) is 0 Å². The zero-order valence-corrected chi connectivity index (χ0v) is 7.31. The van der Waals surface area contributed by atoms with E-state index in [1.54, 1.807) is 0 Å². The molecular formula is C9H16N2O. The molecule has 1 heterocycles. The quantitative estimate of drug-likeness (QED) is 0.640. The van der Waals surface area contributed by atoms with Crippen molar-refractivity contribution in [1.29, 1.82) is 0 Å². The zero-order valence-electron chi connectivity index (χ0n) is 7.31. The highest BCUT2D eigenvalue weighted by atomic mass is 16.1. The maximum absolute atomic E-state index is 11.2. The van der Waals surface area contributed by atoms with Crippen LogP contribution in [0.4, 0.5) is 0 Å². The number of carbonyl (C=O) groups is 1. The molecule has 1 aliphatic heterocycles. The predicted molar refractivity (Wildman–Crippen MR) is 46.5 cm³/mol. The van der Waals surface area contributed by atoms with Crippen LogP contribution in [-0.2, 0) is 4.79 Å². The second kappa shape index (κ2) is 2.73. The standard InChI is InChI=1S/C9H16N2O/c10-8(12)9(4-1-5-11-9)6-7-2-3-7/h7,11H,1-6H2,(H2,10,12). The highest BCUT2D eigenvalue weighted by Crippen LogP contribution is 2.39. The molecular weight excluding hydrogens is 152 g/mol. The molecule has 1 atom stereocenters. The molecule has 1 amide bonds. The molecule has 0 bridgehead atoms. The van der Waals surface area contributed by atoms with Gasteiger partial charge in [-0.1, -0.05) is 12.8 Å². The second-order valence-corrected chi connectivity index (χ2v) is 4.12. The number of amides is 1. The lowest BCUT2D eigenvalue weighted by Gasteiger charge is -2.25. The Balaban J connectivity index is 2.03. The fourth-order valence-electron chi connectivity index (χ4n) is 2.11. The van der Waals surface area contributed by atoms with Crippen molar-refractivity contribution < 1.29 is 4.79 Å². The van der Waals surface area contributed by atoms with Gasteiger partial charge >= 0.3 is 0 Å². The van der Waals surface area contributed by atoms with Gasteiger partial charge in [0.1, 0.15) is 0 Å². The topological polar surface area (TPSA) is 55.1 Å². The minimum absolute atomic E-state index is 0.146. The molecule has 2 fully saturated rings. The molecule has 2 rings (SSSR count). The molecule has 68 valence electrons. The third-order valence-electron chi connectivity index (χ3n) is 3.05. The number of hydrogen-bond acceptors (Lipinski definition) is 2. The SMILES string of the molecule is NC(=O)C1(CC2CC2)CCCN1. The molecule has 1 aliphatic carbocycles. The minimum Gasteiger partial charge on any atom is -0.368 e. The highest BCUT2D eigenvalue weighted by molar-refractivity contribution is 5.85. The Kier molecular flexibility index (Phi) is 1.83. The zero-order chi connectivity index (χ0) is 8.60. The normalized spacial score (nSPS) is 35.3. The maximum Gasteiger partial charge on any atom is 0.237 e. The summed E-state index contributed by atoms with van der Waals surface area (Å²) in [5.74, 6) is 0.620. The smallest absolute Gasteiger partial charge is 0.237 e. The van der Waals surface area contributed by atoms with Crippen LogP contribution in [0.5, 0.6) is 0 Å². The van der Waals surface area contributed by atoms with E-state index in [2.05, 4.69) is 5.32 Å². The van der Waals surface area contributed by atoms with Crippen molar-refractivity contribution in [2.24, 2.45) is 11.7 Å². The van der Waals surface area contributed by atoms with Gasteiger partial charge in [0.25, 0.3) is 0 Å². The van der Waals surface area contributed by atoms with Crippen molar-refractivity contribution in [2.45, 2.75) is 37.6 Å². The van der Waals surface area contributed by atoms with Crippen molar-refractivity contribution in [3.05, 3.63) is 0 Å². The summed E-state index contributed by atoms with van der Waals surface area (Å²) in [7, 11) is 0. The van der Waals surface area contributed by atoms with Gasteiger partial charge in [0.2, 0.25) is 5.91 Å². The minimum atomic E-state index is -0.332. The molecule has 1 unspecified atom stereocenters. The van der Waals surface area contributed by atoms with E-state index in [1.807, 2.05) is 0 Å². The first kappa shape index (κ1) is 8.05. The maximum atomic E-state index is 11.2. The van der Waals surface area contributed by atoms with Gasteiger partial charge in [-0.15, -0.1) is 0 Å².